The van der Waals surface area contributed by atoms with Crippen LogP contribution < -0.4 is 4.90 Å². The van der Waals surface area contributed by atoms with Gasteiger partial charge in [0.2, 0.25) is 11.8 Å². The Labute approximate surface area is 183 Å². The summed E-state index contributed by atoms with van der Waals surface area (Å²) in [5, 5.41) is 0. The Morgan fingerprint density at radius 2 is 1.47 bits per heavy atom. The molecular weight excluding hydrogens is 438 g/mol. The van der Waals surface area contributed by atoms with Crippen LogP contribution in [-0.2, 0) is 15.0 Å². The molecule has 0 spiro atoms. The van der Waals surface area contributed by atoms with E-state index in [-0.39, 0.29) is 23.7 Å². The molecule has 1 saturated heterocycles. The predicted molar refractivity (Wildman–Crippen MR) is 120 cm³/mol. The van der Waals surface area contributed by atoms with Crippen molar-refractivity contribution in [2.24, 2.45) is 11.8 Å². The van der Waals surface area contributed by atoms with Crippen molar-refractivity contribution < 1.29 is 9.59 Å². The number of benzene rings is 3. The fraction of sp³-hybridized carbons (Fsp3) is 0.231. The molecule has 4 heteroatoms. The Bertz CT molecular complexity index is 1220. The number of imide groups is 1. The predicted octanol–water partition coefficient (Wildman–Crippen LogP) is 5.33. The SMILES string of the molecule is Cc1ccc(N2C(=O)C3[C@@H](C2=O)C2c4ccccc4C3(C)c3ccccc32)c(Br)c1. The van der Waals surface area contributed by atoms with E-state index in [1.807, 2.05) is 49.4 Å². The van der Waals surface area contributed by atoms with Gasteiger partial charge in [-0.1, -0.05) is 61.5 Å². The zero-order valence-electron chi connectivity index (χ0n) is 16.7. The first-order chi connectivity index (χ1) is 14.4. The second-order valence-corrected chi connectivity index (χ2v) is 9.68. The van der Waals surface area contributed by atoms with E-state index in [4.69, 9.17) is 0 Å². The number of carbonyl (C=O) groups is 2. The Morgan fingerprint density at radius 3 is 2.07 bits per heavy atom. The van der Waals surface area contributed by atoms with Crippen molar-refractivity contribution in [2.75, 3.05) is 4.90 Å². The molecule has 1 aliphatic heterocycles. The number of amides is 2. The normalized spacial score (nSPS) is 28.4. The van der Waals surface area contributed by atoms with E-state index < -0.39 is 11.3 Å². The van der Waals surface area contributed by atoms with Crippen molar-refractivity contribution in [2.45, 2.75) is 25.2 Å². The van der Waals surface area contributed by atoms with E-state index >= 15 is 0 Å². The second-order valence-electron chi connectivity index (χ2n) is 8.82. The molecule has 0 aromatic heterocycles. The topological polar surface area (TPSA) is 37.4 Å². The first kappa shape index (κ1) is 18.1. The monoisotopic (exact) mass is 457 g/mol. The quantitative estimate of drug-likeness (QED) is 0.463. The summed E-state index contributed by atoms with van der Waals surface area (Å²) < 4.78 is 0.773. The van der Waals surface area contributed by atoms with Crippen molar-refractivity contribution in [3.8, 4) is 0 Å². The van der Waals surface area contributed by atoms with Gasteiger partial charge in [0, 0.05) is 15.8 Å². The lowest BCUT2D eigenvalue weighted by Crippen LogP contribution is -2.51. The standard InChI is InChI=1S/C26H20BrNO2/c1-14-11-12-20(19(27)13-14)28-24(29)22-21-15-7-3-5-9-17(15)26(2,23(22)25(28)30)18-10-6-4-8-16(18)21/h3-13,21-23H,1-2H3/t21?,22-,23?,26?/m0/s1. The van der Waals surface area contributed by atoms with Crippen LogP contribution in [0.25, 0.3) is 0 Å². The first-order valence-corrected chi connectivity index (χ1v) is 11.1. The molecule has 1 heterocycles. The van der Waals surface area contributed by atoms with Crippen LogP contribution in [0.5, 0.6) is 0 Å². The minimum atomic E-state index is -0.523. The minimum absolute atomic E-state index is 0.0881. The highest BCUT2D eigenvalue weighted by atomic mass is 79.9. The summed E-state index contributed by atoms with van der Waals surface area (Å²) >= 11 is 3.58. The summed E-state index contributed by atoms with van der Waals surface area (Å²) in [5.74, 6) is -1.04. The van der Waals surface area contributed by atoms with Crippen molar-refractivity contribution >= 4 is 33.4 Å². The van der Waals surface area contributed by atoms with Crippen LogP contribution >= 0.6 is 15.9 Å². The van der Waals surface area contributed by atoms with Gasteiger partial charge in [0.05, 0.1) is 17.5 Å². The maximum Gasteiger partial charge on any atom is 0.238 e. The molecule has 0 radical (unpaired) electrons. The van der Waals surface area contributed by atoms with Gasteiger partial charge in [0.25, 0.3) is 0 Å². The molecule has 3 aromatic carbocycles. The number of nitrogens with zero attached hydrogens (tertiary/aromatic N) is 1. The molecule has 7 rings (SSSR count). The molecule has 0 saturated carbocycles. The number of hydrogen-bond donors (Lipinski definition) is 0. The Kier molecular flexibility index (Phi) is 3.57. The Balaban J connectivity index is 1.62. The molecule has 1 fully saturated rings. The van der Waals surface area contributed by atoms with Gasteiger partial charge in [-0.2, -0.15) is 0 Å². The van der Waals surface area contributed by atoms with Gasteiger partial charge < -0.3 is 0 Å². The Hall–Kier alpha value is -2.72. The average Bonchev–Trinajstić information content (AvgIpc) is 3.01. The lowest BCUT2D eigenvalue weighted by molar-refractivity contribution is -0.123. The zero-order valence-corrected chi connectivity index (χ0v) is 18.3. The van der Waals surface area contributed by atoms with Gasteiger partial charge in [-0.15, -0.1) is 0 Å². The van der Waals surface area contributed by atoms with Crippen LogP contribution in [0, 0.1) is 18.8 Å². The molecule has 2 amide bonds. The number of aryl methyl sites for hydroxylation is 1. The summed E-state index contributed by atoms with van der Waals surface area (Å²) in [7, 11) is 0. The molecule has 3 aliphatic carbocycles. The van der Waals surface area contributed by atoms with E-state index in [9.17, 15) is 9.59 Å². The van der Waals surface area contributed by atoms with E-state index in [1.54, 1.807) is 0 Å². The molecule has 1 unspecified atom stereocenters. The lowest BCUT2D eigenvalue weighted by atomic mass is 9.48. The van der Waals surface area contributed by atoms with Crippen LogP contribution in [0.15, 0.2) is 71.2 Å². The summed E-state index contributed by atoms with van der Waals surface area (Å²) in [6.45, 7) is 4.15. The van der Waals surface area contributed by atoms with Crippen LogP contribution in [0.4, 0.5) is 5.69 Å². The molecule has 2 atom stereocenters. The maximum absolute atomic E-state index is 13.9. The molecule has 3 nitrogen and oxygen atoms in total. The van der Waals surface area contributed by atoms with Gasteiger partial charge >= 0.3 is 0 Å². The van der Waals surface area contributed by atoms with Crippen molar-refractivity contribution in [1.82, 2.24) is 0 Å². The average molecular weight is 458 g/mol. The number of halogens is 1. The minimum Gasteiger partial charge on any atom is -0.274 e. The van der Waals surface area contributed by atoms with Crippen LogP contribution in [0.1, 0.15) is 40.7 Å². The van der Waals surface area contributed by atoms with Crippen LogP contribution in [0.2, 0.25) is 0 Å². The van der Waals surface area contributed by atoms with Crippen molar-refractivity contribution in [3.05, 3.63) is 99.0 Å². The van der Waals surface area contributed by atoms with Crippen molar-refractivity contribution in [1.29, 1.82) is 0 Å². The molecule has 4 aliphatic rings. The van der Waals surface area contributed by atoms with Gasteiger partial charge in [-0.05, 0) is 62.8 Å². The van der Waals surface area contributed by atoms with E-state index in [1.165, 1.54) is 27.2 Å². The molecule has 0 N–H and O–H groups in total. The van der Waals surface area contributed by atoms with E-state index in [0.29, 0.717) is 5.69 Å². The zero-order chi connectivity index (χ0) is 20.8. The third kappa shape index (κ3) is 2.00. The second kappa shape index (κ2) is 5.92. The van der Waals surface area contributed by atoms with Gasteiger partial charge in [0.1, 0.15) is 0 Å². The van der Waals surface area contributed by atoms with E-state index in [0.717, 1.165) is 10.0 Å². The fourth-order valence-electron chi connectivity index (χ4n) is 6.18. The summed E-state index contributed by atoms with van der Waals surface area (Å²) in [4.78, 5) is 29.1. The maximum atomic E-state index is 13.9. The Morgan fingerprint density at radius 1 is 0.867 bits per heavy atom. The molecular formula is C26H20BrNO2. The molecule has 2 bridgehead atoms. The van der Waals surface area contributed by atoms with Gasteiger partial charge in [-0.25, -0.2) is 4.90 Å². The van der Waals surface area contributed by atoms with Crippen molar-refractivity contribution in [3.63, 3.8) is 0 Å². The number of rotatable bonds is 1. The highest BCUT2D eigenvalue weighted by Crippen LogP contribution is 2.64. The van der Waals surface area contributed by atoms with E-state index in [2.05, 4.69) is 47.1 Å². The number of carbonyl (C=O) groups excluding carboxylic acids is 2. The molecule has 30 heavy (non-hydrogen) atoms. The number of hydrogen-bond acceptors (Lipinski definition) is 2. The molecule has 148 valence electrons. The van der Waals surface area contributed by atoms with Crippen LogP contribution in [-0.4, -0.2) is 11.8 Å². The highest BCUT2D eigenvalue weighted by molar-refractivity contribution is 9.10. The fourth-order valence-corrected chi connectivity index (χ4v) is 6.85. The summed E-state index contributed by atoms with van der Waals surface area (Å²) in [6, 6.07) is 22.5. The van der Waals surface area contributed by atoms with Gasteiger partial charge in [-0.3, -0.25) is 9.59 Å². The highest BCUT2D eigenvalue weighted by Gasteiger charge is 2.66. The first-order valence-electron chi connectivity index (χ1n) is 10.3. The smallest absolute Gasteiger partial charge is 0.238 e. The number of anilines is 1. The van der Waals surface area contributed by atoms with Gasteiger partial charge in [0.15, 0.2) is 0 Å². The third-order valence-electron chi connectivity index (χ3n) is 7.39. The summed E-state index contributed by atoms with van der Waals surface area (Å²) in [6.07, 6.45) is 0. The third-order valence-corrected chi connectivity index (χ3v) is 8.02. The van der Waals surface area contributed by atoms with Crippen LogP contribution in [0.3, 0.4) is 0 Å². The lowest BCUT2D eigenvalue weighted by Gasteiger charge is -2.52. The largest absolute Gasteiger partial charge is 0.274 e. The molecule has 3 aromatic rings. The summed E-state index contributed by atoms with van der Waals surface area (Å²) in [5.41, 5.74) is 5.93.